The first-order chi connectivity index (χ1) is 13.0. The number of hydrogen-bond donors (Lipinski definition) is 1. The second-order valence-electron chi connectivity index (χ2n) is 7.44. The first-order valence-electron chi connectivity index (χ1n) is 9.28. The molecule has 2 aromatic rings. The van der Waals surface area contributed by atoms with Crippen LogP contribution >= 0.6 is 0 Å². The molecule has 2 fully saturated rings. The maximum Gasteiger partial charge on any atom is 0.233 e. The first kappa shape index (κ1) is 17.7. The van der Waals surface area contributed by atoms with Crippen LogP contribution in [0.3, 0.4) is 0 Å². The molecule has 2 aliphatic rings. The van der Waals surface area contributed by atoms with E-state index in [4.69, 9.17) is 4.52 Å². The maximum atomic E-state index is 14.2. The molecule has 1 saturated carbocycles. The van der Waals surface area contributed by atoms with Crippen LogP contribution in [-0.2, 0) is 15.0 Å². The Morgan fingerprint density at radius 3 is 2.56 bits per heavy atom. The van der Waals surface area contributed by atoms with Gasteiger partial charge in [0.15, 0.2) is 5.82 Å². The topological polar surface area (TPSA) is 75.4 Å². The number of nitrogens with one attached hydrogen (secondary N) is 1. The fourth-order valence-electron chi connectivity index (χ4n) is 3.87. The molecule has 1 aliphatic heterocycles. The van der Waals surface area contributed by atoms with Gasteiger partial charge in [-0.15, -0.1) is 0 Å². The van der Waals surface area contributed by atoms with Crippen LogP contribution in [0.2, 0.25) is 0 Å². The molecule has 0 unspecified atom stereocenters. The van der Waals surface area contributed by atoms with Crippen LogP contribution in [-0.4, -0.2) is 35.0 Å². The summed E-state index contributed by atoms with van der Waals surface area (Å²) in [6.45, 7) is 2.77. The van der Waals surface area contributed by atoms with E-state index in [0.717, 1.165) is 0 Å². The van der Waals surface area contributed by atoms with Crippen molar-refractivity contribution in [3.8, 4) is 0 Å². The van der Waals surface area contributed by atoms with Gasteiger partial charge >= 0.3 is 0 Å². The maximum absolute atomic E-state index is 14.2. The second-order valence-corrected chi connectivity index (χ2v) is 7.44. The largest absolute Gasteiger partial charge is 0.360 e. The lowest BCUT2D eigenvalue weighted by atomic mass is 9.90. The molecule has 1 N–H and O–H groups in total. The smallest absolute Gasteiger partial charge is 0.233 e. The molecule has 1 aromatic carbocycles. The van der Waals surface area contributed by atoms with E-state index in [0.29, 0.717) is 55.9 Å². The second kappa shape index (κ2) is 6.79. The number of piperidine rings is 1. The number of benzene rings is 1. The van der Waals surface area contributed by atoms with E-state index in [1.54, 1.807) is 36.1 Å². The fraction of sp³-hybridized carbons (Fsp3) is 0.450. The molecule has 0 atom stereocenters. The zero-order chi connectivity index (χ0) is 19.0. The Bertz CT molecular complexity index is 867. The van der Waals surface area contributed by atoms with E-state index >= 15 is 0 Å². The van der Waals surface area contributed by atoms with Crippen molar-refractivity contribution in [3.05, 3.63) is 47.5 Å². The molecule has 0 spiro atoms. The van der Waals surface area contributed by atoms with E-state index in [1.807, 2.05) is 0 Å². The third kappa shape index (κ3) is 3.34. The zero-order valence-corrected chi connectivity index (χ0v) is 15.2. The molecule has 2 heterocycles. The average molecular weight is 371 g/mol. The van der Waals surface area contributed by atoms with Gasteiger partial charge in [0.1, 0.15) is 11.6 Å². The molecule has 1 aliphatic carbocycles. The van der Waals surface area contributed by atoms with E-state index in [9.17, 15) is 14.0 Å². The summed E-state index contributed by atoms with van der Waals surface area (Å²) in [4.78, 5) is 27.2. The van der Waals surface area contributed by atoms with Crippen molar-refractivity contribution < 1.29 is 18.5 Å². The normalized spacial score (nSPS) is 19.0. The van der Waals surface area contributed by atoms with Crippen LogP contribution in [0.1, 0.15) is 37.0 Å². The number of likely N-dealkylation sites (tertiary alicyclic amines) is 1. The molecule has 2 amide bonds. The standard InChI is InChI=1S/C20H22FN3O3/c1-13-12-17(23-27-13)22-18(25)14-6-10-24(11-7-14)19(26)20(8-9-20)15-4-2-3-5-16(15)21/h2-5,12,14H,6-11H2,1H3,(H,22,23,25). The van der Waals surface area contributed by atoms with Crippen molar-refractivity contribution >= 4 is 17.6 Å². The van der Waals surface area contributed by atoms with E-state index in [2.05, 4.69) is 10.5 Å². The van der Waals surface area contributed by atoms with Gasteiger partial charge in [0.05, 0.1) is 5.41 Å². The molecule has 6 nitrogen and oxygen atoms in total. The number of carbonyl (C=O) groups is 2. The summed E-state index contributed by atoms with van der Waals surface area (Å²) < 4.78 is 19.1. The molecule has 4 rings (SSSR count). The minimum atomic E-state index is -0.710. The van der Waals surface area contributed by atoms with Crippen LogP contribution in [0.15, 0.2) is 34.9 Å². The summed E-state index contributed by atoms with van der Waals surface area (Å²) in [7, 11) is 0. The number of halogens is 1. The third-order valence-corrected chi connectivity index (χ3v) is 5.58. The third-order valence-electron chi connectivity index (χ3n) is 5.58. The van der Waals surface area contributed by atoms with Gasteiger partial charge in [0, 0.05) is 30.6 Å². The number of nitrogens with zero attached hydrogens (tertiary/aromatic N) is 2. The van der Waals surface area contributed by atoms with Gasteiger partial charge in [0.25, 0.3) is 0 Å². The van der Waals surface area contributed by atoms with Gasteiger partial charge in [-0.3, -0.25) is 9.59 Å². The summed E-state index contributed by atoms with van der Waals surface area (Å²) in [6.07, 6.45) is 2.53. The minimum absolute atomic E-state index is 0.0152. The van der Waals surface area contributed by atoms with Gasteiger partial charge in [0.2, 0.25) is 11.8 Å². The quantitative estimate of drug-likeness (QED) is 0.896. The molecular weight excluding hydrogens is 349 g/mol. The van der Waals surface area contributed by atoms with Crippen molar-refractivity contribution in [2.45, 2.75) is 38.0 Å². The lowest BCUT2D eigenvalue weighted by Crippen LogP contribution is -2.46. The first-order valence-corrected chi connectivity index (χ1v) is 9.28. The molecule has 0 radical (unpaired) electrons. The predicted octanol–water partition coefficient (Wildman–Crippen LogP) is 3.03. The number of anilines is 1. The summed E-state index contributed by atoms with van der Waals surface area (Å²) in [5, 5.41) is 6.52. The molecule has 27 heavy (non-hydrogen) atoms. The molecule has 7 heteroatoms. The average Bonchev–Trinajstić information content (AvgIpc) is 3.38. The summed E-state index contributed by atoms with van der Waals surface area (Å²) in [5.41, 5.74) is -0.213. The number of hydrogen-bond acceptors (Lipinski definition) is 4. The van der Waals surface area contributed by atoms with Crippen molar-refractivity contribution in [2.24, 2.45) is 5.92 Å². The van der Waals surface area contributed by atoms with Crippen molar-refractivity contribution in [1.82, 2.24) is 10.1 Å². The number of carbonyl (C=O) groups excluding carboxylic acids is 2. The van der Waals surface area contributed by atoms with Gasteiger partial charge in [-0.1, -0.05) is 23.4 Å². The van der Waals surface area contributed by atoms with Crippen molar-refractivity contribution in [1.29, 1.82) is 0 Å². The molecular formula is C20H22FN3O3. The SMILES string of the molecule is Cc1cc(NC(=O)C2CCN(C(=O)C3(c4ccccc4F)CC3)CC2)no1. The van der Waals surface area contributed by atoms with E-state index in [1.165, 1.54) is 6.07 Å². The van der Waals surface area contributed by atoms with Gasteiger partial charge in [-0.25, -0.2) is 4.39 Å². The van der Waals surface area contributed by atoms with Crippen LogP contribution in [0.25, 0.3) is 0 Å². The molecule has 1 aromatic heterocycles. The van der Waals surface area contributed by atoms with Gasteiger partial charge in [-0.2, -0.15) is 0 Å². The van der Waals surface area contributed by atoms with Crippen LogP contribution in [0.4, 0.5) is 10.2 Å². The highest BCUT2D eigenvalue weighted by molar-refractivity contribution is 5.93. The molecule has 0 bridgehead atoms. The fourth-order valence-corrected chi connectivity index (χ4v) is 3.87. The Hall–Kier alpha value is -2.70. The number of rotatable bonds is 4. The van der Waals surface area contributed by atoms with Crippen LogP contribution in [0, 0.1) is 18.7 Å². The van der Waals surface area contributed by atoms with E-state index < -0.39 is 5.41 Å². The summed E-state index contributed by atoms with van der Waals surface area (Å²) in [6, 6.07) is 8.20. The molecule has 142 valence electrons. The lowest BCUT2D eigenvalue weighted by Gasteiger charge is -2.34. The van der Waals surface area contributed by atoms with Crippen molar-refractivity contribution in [3.63, 3.8) is 0 Å². The highest BCUT2D eigenvalue weighted by Gasteiger charge is 2.54. The highest BCUT2D eigenvalue weighted by atomic mass is 19.1. The Morgan fingerprint density at radius 2 is 1.96 bits per heavy atom. The van der Waals surface area contributed by atoms with E-state index in [-0.39, 0.29) is 23.5 Å². The summed E-state index contributed by atoms with van der Waals surface area (Å²) in [5.74, 6) is 0.431. The number of aromatic nitrogens is 1. The number of aryl methyl sites for hydroxylation is 1. The van der Waals surface area contributed by atoms with Gasteiger partial charge < -0.3 is 14.7 Å². The lowest BCUT2D eigenvalue weighted by molar-refractivity contribution is -0.137. The minimum Gasteiger partial charge on any atom is -0.360 e. The predicted molar refractivity (Wildman–Crippen MR) is 96.5 cm³/mol. The Balaban J connectivity index is 1.37. The monoisotopic (exact) mass is 371 g/mol. The Labute approximate surface area is 156 Å². The highest BCUT2D eigenvalue weighted by Crippen LogP contribution is 2.50. The zero-order valence-electron chi connectivity index (χ0n) is 15.2. The van der Waals surface area contributed by atoms with Crippen LogP contribution < -0.4 is 5.32 Å². The van der Waals surface area contributed by atoms with Crippen molar-refractivity contribution in [2.75, 3.05) is 18.4 Å². The Morgan fingerprint density at radius 1 is 1.26 bits per heavy atom. The molecule has 1 saturated heterocycles. The Kier molecular flexibility index (Phi) is 4.45. The summed E-state index contributed by atoms with van der Waals surface area (Å²) >= 11 is 0. The van der Waals surface area contributed by atoms with Crippen LogP contribution in [0.5, 0.6) is 0 Å². The number of amides is 2. The van der Waals surface area contributed by atoms with Gasteiger partial charge in [-0.05, 0) is 38.7 Å².